The van der Waals surface area contributed by atoms with Gasteiger partial charge in [-0.3, -0.25) is 9.58 Å². The number of alkyl halides is 3. The van der Waals surface area contributed by atoms with Crippen LogP contribution in [0.3, 0.4) is 0 Å². The van der Waals surface area contributed by atoms with Crippen molar-refractivity contribution in [3.8, 4) is 28.7 Å². The molecule has 34 heavy (non-hydrogen) atoms. The summed E-state index contributed by atoms with van der Waals surface area (Å²) in [6, 6.07) is 8.26. The largest absolute Gasteiger partial charge is 0.471 e. The molecule has 10 nitrogen and oxygen atoms in total. The first-order chi connectivity index (χ1) is 16.1. The maximum atomic E-state index is 12.7. The third-order valence-corrected chi connectivity index (χ3v) is 4.98. The summed E-state index contributed by atoms with van der Waals surface area (Å²) in [7, 11) is 3.23. The Morgan fingerprint density at radius 3 is 2.53 bits per heavy atom. The first kappa shape index (κ1) is 22.8. The highest BCUT2D eigenvalue weighted by molar-refractivity contribution is 5.90. The van der Waals surface area contributed by atoms with Gasteiger partial charge in [0.15, 0.2) is 0 Å². The van der Waals surface area contributed by atoms with Gasteiger partial charge in [0.2, 0.25) is 11.7 Å². The number of carbonyl (C=O) groups is 1. The lowest BCUT2D eigenvalue weighted by Gasteiger charge is -2.13. The number of anilines is 1. The number of ether oxygens (including phenoxy) is 1. The smallest absolute Gasteiger partial charge is 0.417 e. The molecule has 0 aliphatic heterocycles. The zero-order valence-corrected chi connectivity index (χ0v) is 17.9. The number of hydrogen-bond acceptors (Lipinski definition) is 7. The molecule has 2 amide bonds. The van der Waals surface area contributed by atoms with Gasteiger partial charge in [-0.25, -0.2) is 9.78 Å². The van der Waals surface area contributed by atoms with Crippen molar-refractivity contribution in [3.05, 3.63) is 60.0 Å². The minimum Gasteiger partial charge on any atom is -0.471 e. The molecule has 0 spiro atoms. The third kappa shape index (κ3) is 4.67. The second-order valence-corrected chi connectivity index (χ2v) is 7.17. The Balaban J connectivity index is 1.51. The van der Waals surface area contributed by atoms with E-state index >= 15 is 0 Å². The average molecular weight is 473 g/mol. The number of hydrogen-bond donors (Lipinski definition) is 1. The Bertz CT molecular complexity index is 1300. The summed E-state index contributed by atoms with van der Waals surface area (Å²) in [5, 5.41) is 8.16. The van der Waals surface area contributed by atoms with Gasteiger partial charge in [-0.15, -0.1) is 0 Å². The second-order valence-electron chi connectivity index (χ2n) is 7.17. The number of nitrogens with two attached hydrogens (primary N) is 1. The van der Waals surface area contributed by atoms with Gasteiger partial charge in [0, 0.05) is 37.6 Å². The quantitative estimate of drug-likeness (QED) is 0.453. The van der Waals surface area contributed by atoms with Crippen LogP contribution < -0.4 is 15.4 Å². The van der Waals surface area contributed by atoms with Crippen LogP contribution in [0.25, 0.3) is 22.8 Å². The van der Waals surface area contributed by atoms with Crippen molar-refractivity contribution < 1.29 is 27.2 Å². The van der Waals surface area contributed by atoms with E-state index in [2.05, 4.69) is 20.2 Å². The van der Waals surface area contributed by atoms with Crippen molar-refractivity contribution >= 4 is 11.7 Å². The Kier molecular flexibility index (Phi) is 5.92. The number of primary amides is 1. The molecule has 0 atom stereocenters. The number of aryl methyl sites for hydroxylation is 1. The van der Waals surface area contributed by atoms with Gasteiger partial charge in [0.05, 0.1) is 23.0 Å². The molecule has 0 saturated heterocycles. The number of halogens is 3. The van der Waals surface area contributed by atoms with Gasteiger partial charge in [0.1, 0.15) is 6.61 Å². The molecular weight excluding hydrogens is 455 g/mol. The van der Waals surface area contributed by atoms with Crippen LogP contribution in [0.5, 0.6) is 5.88 Å². The maximum absolute atomic E-state index is 12.7. The predicted molar refractivity (Wildman–Crippen MR) is 113 cm³/mol. The lowest BCUT2D eigenvalue weighted by molar-refractivity contribution is -0.137. The Morgan fingerprint density at radius 1 is 1.18 bits per heavy atom. The summed E-state index contributed by atoms with van der Waals surface area (Å²) in [6.45, 7) is -0.0456. The van der Waals surface area contributed by atoms with Crippen molar-refractivity contribution in [2.45, 2.75) is 12.8 Å². The minimum absolute atomic E-state index is 0.0207. The summed E-state index contributed by atoms with van der Waals surface area (Å²) >= 11 is 0. The number of pyridine rings is 1. The highest BCUT2D eigenvalue weighted by Gasteiger charge is 2.30. The molecule has 0 fully saturated rings. The standard InChI is InChI=1S/C21H18F3N7O3/c1-30(20(25)32)14-6-3-12(4-7-14)18-28-19(34-29-18)15-10-27-31(2)16(15)11-33-17-8-5-13(9-26-17)21(22,23)24/h3-10H,11H2,1-2H3,(H2,25,32). The van der Waals surface area contributed by atoms with Crippen LogP contribution >= 0.6 is 0 Å². The number of rotatable bonds is 6. The summed E-state index contributed by atoms with van der Waals surface area (Å²) in [5.41, 5.74) is 6.70. The van der Waals surface area contributed by atoms with E-state index in [1.54, 1.807) is 38.4 Å². The van der Waals surface area contributed by atoms with Crippen LogP contribution in [0.15, 0.2) is 53.3 Å². The average Bonchev–Trinajstić information content (AvgIpc) is 3.43. The van der Waals surface area contributed by atoms with Crippen LogP contribution in [0.4, 0.5) is 23.7 Å². The van der Waals surface area contributed by atoms with Gasteiger partial charge < -0.3 is 15.0 Å². The second kappa shape index (κ2) is 8.84. The minimum atomic E-state index is -4.48. The van der Waals surface area contributed by atoms with E-state index in [4.69, 9.17) is 15.0 Å². The fourth-order valence-corrected chi connectivity index (χ4v) is 3.00. The van der Waals surface area contributed by atoms with Crippen molar-refractivity contribution in [2.24, 2.45) is 12.8 Å². The van der Waals surface area contributed by atoms with E-state index in [0.29, 0.717) is 34.5 Å². The molecule has 13 heteroatoms. The lowest BCUT2D eigenvalue weighted by Crippen LogP contribution is -2.31. The molecular formula is C21H18F3N7O3. The van der Waals surface area contributed by atoms with E-state index in [-0.39, 0.29) is 18.4 Å². The Morgan fingerprint density at radius 2 is 1.91 bits per heavy atom. The highest BCUT2D eigenvalue weighted by atomic mass is 19.4. The highest BCUT2D eigenvalue weighted by Crippen LogP contribution is 2.30. The summed E-state index contributed by atoms with van der Waals surface area (Å²) in [4.78, 5) is 20.7. The maximum Gasteiger partial charge on any atom is 0.417 e. The third-order valence-electron chi connectivity index (χ3n) is 4.98. The molecule has 2 N–H and O–H groups in total. The fourth-order valence-electron chi connectivity index (χ4n) is 3.00. The number of urea groups is 1. The number of aromatic nitrogens is 5. The number of carbonyl (C=O) groups excluding carboxylic acids is 1. The number of amides is 2. The summed E-state index contributed by atoms with van der Waals surface area (Å²) in [5.74, 6) is 0.510. The summed E-state index contributed by atoms with van der Waals surface area (Å²) in [6.07, 6.45) is -2.26. The Labute approximate surface area is 190 Å². The van der Waals surface area contributed by atoms with Gasteiger partial charge in [-0.1, -0.05) is 5.16 Å². The Hall–Kier alpha value is -4.42. The molecule has 4 aromatic rings. The number of nitrogens with zero attached hydrogens (tertiary/aromatic N) is 6. The van der Waals surface area contributed by atoms with Crippen molar-refractivity contribution in [3.63, 3.8) is 0 Å². The van der Waals surface area contributed by atoms with E-state index in [9.17, 15) is 18.0 Å². The molecule has 0 aliphatic carbocycles. The van der Waals surface area contributed by atoms with Gasteiger partial charge in [0.25, 0.3) is 5.89 Å². The first-order valence-corrected chi connectivity index (χ1v) is 9.78. The van der Waals surface area contributed by atoms with Gasteiger partial charge in [-0.05, 0) is 30.3 Å². The first-order valence-electron chi connectivity index (χ1n) is 9.78. The van der Waals surface area contributed by atoms with Crippen molar-refractivity contribution in [2.75, 3.05) is 11.9 Å². The van der Waals surface area contributed by atoms with Crippen molar-refractivity contribution in [1.29, 1.82) is 0 Å². The van der Waals surface area contributed by atoms with E-state index in [0.717, 1.165) is 12.1 Å². The molecule has 176 valence electrons. The zero-order chi connectivity index (χ0) is 24.5. The van der Waals surface area contributed by atoms with Crippen LogP contribution in [-0.2, 0) is 19.8 Å². The van der Waals surface area contributed by atoms with Gasteiger partial charge in [-0.2, -0.15) is 23.3 Å². The van der Waals surface area contributed by atoms with E-state index < -0.39 is 17.8 Å². The molecule has 3 aromatic heterocycles. The molecule has 0 radical (unpaired) electrons. The molecule has 0 bridgehead atoms. The molecule has 3 heterocycles. The topological polar surface area (TPSA) is 125 Å². The van der Waals surface area contributed by atoms with Gasteiger partial charge >= 0.3 is 12.2 Å². The van der Waals surface area contributed by atoms with Crippen LogP contribution in [-0.4, -0.2) is 38.0 Å². The zero-order valence-electron chi connectivity index (χ0n) is 17.9. The number of benzene rings is 1. The van der Waals surface area contributed by atoms with Crippen molar-refractivity contribution in [1.82, 2.24) is 24.9 Å². The fraction of sp³-hybridized carbons (Fsp3) is 0.190. The molecule has 1 aromatic carbocycles. The normalized spacial score (nSPS) is 11.4. The SMILES string of the molecule is CN(C(N)=O)c1ccc(-c2noc(-c3cnn(C)c3COc3ccc(C(F)(F)F)cn3)n2)cc1. The van der Waals surface area contributed by atoms with Crippen LogP contribution in [0.1, 0.15) is 11.3 Å². The molecule has 0 unspecified atom stereocenters. The monoisotopic (exact) mass is 473 g/mol. The van der Waals surface area contributed by atoms with Crippen LogP contribution in [0.2, 0.25) is 0 Å². The molecule has 0 saturated carbocycles. The lowest BCUT2D eigenvalue weighted by atomic mass is 10.2. The molecule has 4 rings (SSSR count). The molecule has 0 aliphatic rings. The predicted octanol–water partition coefficient (Wildman–Crippen LogP) is 3.64. The van der Waals surface area contributed by atoms with Crippen LogP contribution in [0, 0.1) is 0 Å². The van der Waals surface area contributed by atoms with E-state index in [1.165, 1.54) is 15.8 Å². The van der Waals surface area contributed by atoms with E-state index in [1.807, 2.05) is 0 Å². The summed E-state index contributed by atoms with van der Waals surface area (Å²) < 4.78 is 50.5.